The Labute approximate surface area is 131 Å². The average Bonchev–Trinajstić information content (AvgIpc) is 3.16. The van der Waals surface area contributed by atoms with Crippen molar-refractivity contribution in [1.29, 1.82) is 0 Å². The third-order valence-corrected chi connectivity index (χ3v) is 3.83. The summed E-state index contributed by atoms with van der Waals surface area (Å²) in [6, 6.07) is 7.42. The number of aromatic nitrogens is 4. The van der Waals surface area contributed by atoms with Crippen molar-refractivity contribution in [2.45, 2.75) is 24.3 Å². The number of benzene rings is 1. The lowest BCUT2D eigenvalue weighted by atomic mass is 10.2. The Balaban J connectivity index is 1.72. The Bertz CT molecular complexity index is 754. The maximum Gasteiger partial charge on any atom is 0.277 e. The summed E-state index contributed by atoms with van der Waals surface area (Å²) in [6.07, 6.45) is 0. The van der Waals surface area contributed by atoms with Crippen molar-refractivity contribution in [1.82, 2.24) is 20.4 Å². The summed E-state index contributed by atoms with van der Waals surface area (Å²) in [7, 11) is 1.62. The standard InChI is InChI=1S/C14H14N4O3S/c1-8(12-16-15-9(2)20-12)22-14-18-17-13(21-14)10-4-6-11(19-3)7-5-10/h4-8H,1-3H3. The van der Waals surface area contributed by atoms with Crippen LogP contribution in [0.25, 0.3) is 11.5 Å². The van der Waals surface area contributed by atoms with E-state index in [1.54, 1.807) is 14.0 Å². The molecule has 1 unspecified atom stereocenters. The lowest BCUT2D eigenvalue weighted by Gasteiger charge is -2.01. The lowest BCUT2D eigenvalue weighted by molar-refractivity contribution is 0.414. The smallest absolute Gasteiger partial charge is 0.277 e. The number of hydrogen-bond acceptors (Lipinski definition) is 8. The van der Waals surface area contributed by atoms with Gasteiger partial charge in [0.15, 0.2) is 0 Å². The fourth-order valence-electron chi connectivity index (χ4n) is 1.79. The highest BCUT2D eigenvalue weighted by Crippen LogP contribution is 2.34. The topological polar surface area (TPSA) is 87.1 Å². The predicted octanol–water partition coefficient (Wildman–Crippen LogP) is 3.29. The van der Waals surface area contributed by atoms with Gasteiger partial charge in [-0.2, -0.15) is 0 Å². The highest BCUT2D eigenvalue weighted by molar-refractivity contribution is 7.99. The van der Waals surface area contributed by atoms with Crippen LogP contribution in [0, 0.1) is 6.92 Å². The van der Waals surface area contributed by atoms with Gasteiger partial charge >= 0.3 is 0 Å². The molecular formula is C14H14N4O3S. The molecule has 0 saturated heterocycles. The average molecular weight is 318 g/mol. The van der Waals surface area contributed by atoms with Crippen molar-refractivity contribution in [2.24, 2.45) is 0 Å². The van der Waals surface area contributed by atoms with Crippen molar-refractivity contribution < 1.29 is 13.6 Å². The maximum absolute atomic E-state index is 5.65. The van der Waals surface area contributed by atoms with E-state index in [0.29, 0.717) is 22.9 Å². The number of rotatable bonds is 5. The number of aryl methyl sites for hydroxylation is 1. The van der Waals surface area contributed by atoms with Crippen molar-refractivity contribution in [3.63, 3.8) is 0 Å². The molecule has 114 valence electrons. The van der Waals surface area contributed by atoms with Gasteiger partial charge in [-0.25, -0.2) is 0 Å². The Kier molecular flexibility index (Phi) is 4.10. The summed E-state index contributed by atoms with van der Waals surface area (Å²) < 4.78 is 16.2. The molecule has 0 aliphatic carbocycles. The monoisotopic (exact) mass is 318 g/mol. The van der Waals surface area contributed by atoms with Crippen molar-refractivity contribution in [2.75, 3.05) is 7.11 Å². The normalized spacial score (nSPS) is 12.3. The minimum absolute atomic E-state index is 0.0645. The summed E-state index contributed by atoms with van der Waals surface area (Å²) in [5.41, 5.74) is 0.835. The van der Waals surface area contributed by atoms with Gasteiger partial charge < -0.3 is 13.6 Å². The third-order valence-electron chi connectivity index (χ3n) is 2.91. The van der Waals surface area contributed by atoms with Crippen LogP contribution < -0.4 is 4.74 Å². The van der Waals surface area contributed by atoms with Gasteiger partial charge in [-0.3, -0.25) is 0 Å². The molecule has 0 bridgehead atoms. The van der Waals surface area contributed by atoms with Crippen molar-refractivity contribution >= 4 is 11.8 Å². The first-order chi connectivity index (χ1) is 10.7. The number of nitrogens with zero attached hydrogens (tertiary/aromatic N) is 4. The zero-order chi connectivity index (χ0) is 15.5. The van der Waals surface area contributed by atoms with Gasteiger partial charge in [-0.1, -0.05) is 11.8 Å². The van der Waals surface area contributed by atoms with Crippen LogP contribution in [0.3, 0.4) is 0 Å². The highest BCUT2D eigenvalue weighted by Gasteiger charge is 2.18. The molecule has 0 radical (unpaired) electrons. The summed E-state index contributed by atoms with van der Waals surface area (Å²) in [6.45, 7) is 3.69. The molecule has 7 nitrogen and oxygen atoms in total. The van der Waals surface area contributed by atoms with Gasteiger partial charge in [0.25, 0.3) is 5.22 Å². The second-order valence-electron chi connectivity index (χ2n) is 4.52. The van der Waals surface area contributed by atoms with Crippen LogP contribution in [0.1, 0.15) is 24.0 Å². The molecule has 0 N–H and O–H groups in total. The van der Waals surface area contributed by atoms with Gasteiger partial charge in [0.2, 0.25) is 17.7 Å². The second kappa shape index (κ2) is 6.18. The first kappa shape index (κ1) is 14.6. The predicted molar refractivity (Wildman–Crippen MR) is 79.6 cm³/mol. The number of thioether (sulfide) groups is 1. The maximum atomic E-state index is 5.65. The van der Waals surface area contributed by atoms with Crippen LogP contribution >= 0.6 is 11.8 Å². The molecule has 0 amide bonds. The summed E-state index contributed by atoms with van der Waals surface area (Å²) in [5.74, 6) is 2.30. The van der Waals surface area contributed by atoms with E-state index in [2.05, 4.69) is 20.4 Å². The molecule has 8 heteroatoms. The third kappa shape index (κ3) is 3.11. The van der Waals surface area contributed by atoms with Crippen molar-refractivity contribution in [3.05, 3.63) is 36.0 Å². The fraction of sp³-hybridized carbons (Fsp3) is 0.286. The van der Waals surface area contributed by atoms with Gasteiger partial charge in [0.1, 0.15) is 5.75 Å². The molecule has 0 spiro atoms. The van der Waals surface area contributed by atoms with Crippen LogP contribution in [0.15, 0.2) is 38.3 Å². The molecule has 1 atom stereocenters. The van der Waals surface area contributed by atoms with E-state index < -0.39 is 0 Å². The molecule has 0 aliphatic heterocycles. The molecular weight excluding hydrogens is 304 g/mol. The zero-order valence-corrected chi connectivity index (χ0v) is 13.1. The van der Waals surface area contributed by atoms with E-state index in [1.807, 2.05) is 31.2 Å². The number of methoxy groups -OCH3 is 1. The number of hydrogen-bond donors (Lipinski definition) is 0. The Morgan fingerprint density at radius 2 is 1.82 bits per heavy atom. The van der Waals surface area contributed by atoms with Gasteiger partial charge in [-0.05, 0) is 31.2 Å². The summed E-state index contributed by atoms with van der Waals surface area (Å²) in [4.78, 5) is 0. The van der Waals surface area contributed by atoms with E-state index in [1.165, 1.54) is 11.8 Å². The summed E-state index contributed by atoms with van der Waals surface area (Å²) in [5, 5.41) is 16.3. The lowest BCUT2D eigenvalue weighted by Crippen LogP contribution is -1.88. The molecule has 0 fully saturated rings. The zero-order valence-electron chi connectivity index (χ0n) is 12.3. The SMILES string of the molecule is COc1ccc(-c2nnc(SC(C)c3nnc(C)o3)o2)cc1. The molecule has 0 saturated carbocycles. The minimum Gasteiger partial charge on any atom is -0.497 e. The van der Waals surface area contributed by atoms with E-state index in [-0.39, 0.29) is 5.25 Å². The van der Waals surface area contributed by atoms with Crippen LogP contribution in [0.5, 0.6) is 5.75 Å². The summed E-state index contributed by atoms with van der Waals surface area (Å²) >= 11 is 1.37. The molecule has 1 aromatic carbocycles. The molecule has 0 aliphatic rings. The molecule has 2 aromatic heterocycles. The molecule has 22 heavy (non-hydrogen) atoms. The second-order valence-corrected chi connectivity index (χ2v) is 5.81. The first-order valence-electron chi connectivity index (χ1n) is 6.60. The van der Waals surface area contributed by atoms with E-state index >= 15 is 0 Å². The van der Waals surface area contributed by atoms with Gasteiger partial charge in [0.05, 0.1) is 12.4 Å². The Morgan fingerprint density at radius 1 is 1.05 bits per heavy atom. The van der Waals surface area contributed by atoms with E-state index in [4.69, 9.17) is 13.6 Å². The minimum atomic E-state index is -0.0645. The van der Waals surface area contributed by atoms with Crippen molar-refractivity contribution in [3.8, 4) is 17.2 Å². The first-order valence-corrected chi connectivity index (χ1v) is 7.48. The molecule has 3 rings (SSSR count). The van der Waals surface area contributed by atoms with E-state index in [9.17, 15) is 0 Å². The van der Waals surface area contributed by atoms with Gasteiger partial charge in [0, 0.05) is 12.5 Å². The Hall–Kier alpha value is -2.35. The quantitative estimate of drug-likeness (QED) is 0.662. The molecule has 3 aromatic rings. The Morgan fingerprint density at radius 3 is 2.45 bits per heavy atom. The highest BCUT2D eigenvalue weighted by atomic mass is 32.2. The molecule has 2 heterocycles. The van der Waals surface area contributed by atoms with Crippen LogP contribution in [0.4, 0.5) is 0 Å². The van der Waals surface area contributed by atoms with E-state index in [0.717, 1.165) is 11.3 Å². The number of ether oxygens (including phenoxy) is 1. The van der Waals surface area contributed by atoms with Crippen LogP contribution in [-0.4, -0.2) is 27.5 Å². The largest absolute Gasteiger partial charge is 0.497 e. The van der Waals surface area contributed by atoms with Crippen LogP contribution in [-0.2, 0) is 0 Å². The van der Waals surface area contributed by atoms with Crippen LogP contribution in [0.2, 0.25) is 0 Å². The van der Waals surface area contributed by atoms with Gasteiger partial charge in [-0.15, -0.1) is 20.4 Å². The fourth-order valence-corrected chi connectivity index (χ4v) is 2.50.